The van der Waals surface area contributed by atoms with Crippen LogP contribution in [0.2, 0.25) is 0 Å². The number of hydrogen-bond donors (Lipinski definition) is 0. The fraction of sp³-hybridized carbons (Fsp3) is 0. The van der Waals surface area contributed by atoms with Crippen LogP contribution < -0.4 is 0 Å². The number of hydrogen-bond acceptors (Lipinski definition) is 4. The van der Waals surface area contributed by atoms with E-state index in [0.29, 0.717) is 22.3 Å². The number of nitriles is 4. The quantitative estimate of drug-likeness (QED) is 0.250. The standard InChI is InChI=1S/C34H10N8/c1-39-23(17-37)27-21(15-35)22(16-36)28-25(19-11-7-5-8-12-19)31-29(24(18-38)40-2)33(41-3)34(42-4)32(31)26(30(27)28)20-13-9-6-10-14-20/h5-14H/b27-23-,29-24-. The van der Waals surface area contributed by atoms with Crippen molar-refractivity contribution in [2.24, 2.45) is 0 Å². The molecule has 42 heavy (non-hydrogen) atoms. The van der Waals surface area contributed by atoms with E-state index in [1.54, 1.807) is 60.7 Å². The van der Waals surface area contributed by atoms with Crippen LogP contribution in [0.4, 0.5) is 0 Å². The highest BCUT2D eigenvalue weighted by Crippen LogP contribution is 2.60. The molecule has 5 rings (SSSR count). The van der Waals surface area contributed by atoms with E-state index in [1.807, 2.05) is 18.2 Å². The third-order valence-electron chi connectivity index (χ3n) is 6.93. The number of benzene rings is 3. The Hall–Kier alpha value is -7.46. The highest BCUT2D eigenvalue weighted by atomic mass is 14.8. The first kappa shape index (κ1) is 26.2. The highest BCUT2D eigenvalue weighted by Gasteiger charge is 2.43. The van der Waals surface area contributed by atoms with Crippen molar-refractivity contribution in [2.75, 3.05) is 0 Å². The van der Waals surface area contributed by atoms with Gasteiger partial charge < -0.3 is 0 Å². The molecule has 0 aliphatic heterocycles. The van der Waals surface area contributed by atoms with Gasteiger partial charge in [0.25, 0.3) is 11.4 Å². The zero-order valence-electron chi connectivity index (χ0n) is 21.4. The van der Waals surface area contributed by atoms with Gasteiger partial charge in [-0.2, -0.15) is 10.5 Å². The molecule has 8 nitrogen and oxygen atoms in total. The van der Waals surface area contributed by atoms with E-state index in [9.17, 15) is 21.0 Å². The lowest BCUT2D eigenvalue weighted by Crippen LogP contribution is -2.04. The fourth-order valence-electron chi connectivity index (χ4n) is 5.44. The Kier molecular flexibility index (Phi) is 6.45. The summed E-state index contributed by atoms with van der Waals surface area (Å²) in [6.45, 7) is 31.6. The monoisotopic (exact) mass is 530 g/mol. The first-order valence-electron chi connectivity index (χ1n) is 12.0. The Morgan fingerprint density at radius 1 is 0.500 bits per heavy atom. The fourth-order valence-corrected chi connectivity index (χ4v) is 5.44. The molecule has 8 heteroatoms. The molecule has 0 saturated heterocycles. The van der Waals surface area contributed by atoms with Gasteiger partial charge >= 0.3 is 0 Å². The summed E-state index contributed by atoms with van der Waals surface area (Å²) in [6, 6.07) is 25.3. The molecule has 2 aliphatic rings. The average Bonchev–Trinajstić information content (AvgIpc) is 3.54. The summed E-state index contributed by atoms with van der Waals surface area (Å²) in [5.41, 5.74) is 1.09. The summed E-state index contributed by atoms with van der Waals surface area (Å²) in [5, 5.41) is 40.7. The van der Waals surface area contributed by atoms with E-state index in [-0.39, 0.29) is 55.9 Å². The normalized spacial score (nSPS) is 14.9. The van der Waals surface area contributed by atoms with Crippen LogP contribution >= 0.6 is 0 Å². The van der Waals surface area contributed by atoms with Crippen molar-refractivity contribution in [1.82, 2.24) is 0 Å². The largest absolute Gasteiger partial charge is 0.270 e. The second-order valence-electron chi connectivity index (χ2n) is 8.77. The molecule has 0 atom stereocenters. The molecule has 0 N–H and O–H groups in total. The van der Waals surface area contributed by atoms with Crippen molar-refractivity contribution in [1.29, 1.82) is 21.0 Å². The van der Waals surface area contributed by atoms with Gasteiger partial charge in [-0.1, -0.05) is 60.7 Å². The van der Waals surface area contributed by atoms with E-state index in [2.05, 4.69) is 25.4 Å². The lowest BCUT2D eigenvalue weighted by atomic mass is 9.79. The van der Waals surface area contributed by atoms with Crippen LogP contribution in [0.15, 0.2) is 83.3 Å². The van der Waals surface area contributed by atoms with Crippen molar-refractivity contribution in [3.05, 3.63) is 151 Å². The zero-order chi connectivity index (χ0) is 30.0. The van der Waals surface area contributed by atoms with Gasteiger partial charge in [-0.15, -0.1) is 0 Å². The summed E-state index contributed by atoms with van der Waals surface area (Å²) in [7, 11) is 0. The van der Waals surface area contributed by atoms with Gasteiger partial charge in [-0.25, -0.2) is 25.1 Å². The predicted octanol–water partition coefficient (Wildman–Crippen LogP) is 7.66. The second kappa shape index (κ2) is 10.4. The maximum atomic E-state index is 10.4. The Morgan fingerprint density at radius 3 is 1.38 bits per heavy atom. The Morgan fingerprint density at radius 2 is 0.952 bits per heavy atom. The number of nitrogens with zero attached hydrogens (tertiary/aromatic N) is 8. The molecule has 186 valence electrons. The molecule has 3 aromatic rings. The highest BCUT2D eigenvalue weighted by molar-refractivity contribution is 6.21. The molecule has 0 bridgehead atoms. The summed E-state index contributed by atoms with van der Waals surface area (Å²) < 4.78 is 0. The van der Waals surface area contributed by atoms with Crippen LogP contribution in [0.3, 0.4) is 0 Å². The zero-order valence-corrected chi connectivity index (χ0v) is 21.4. The minimum absolute atomic E-state index is 0.0405. The number of allylic oxidation sites excluding steroid dienone is 6. The van der Waals surface area contributed by atoms with Crippen LogP contribution in [0.5, 0.6) is 0 Å². The predicted molar refractivity (Wildman–Crippen MR) is 154 cm³/mol. The van der Waals surface area contributed by atoms with Gasteiger partial charge in [-0.05, 0) is 44.5 Å². The van der Waals surface area contributed by atoms with E-state index >= 15 is 0 Å². The topological polar surface area (TPSA) is 113 Å². The van der Waals surface area contributed by atoms with Gasteiger partial charge in [0.2, 0.25) is 5.70 Å². The molecule has 0 saturated carbocycles. The summed E-state index contributed by atoms with van der Waals surface area (Å²) in [4.78, 5) is 14.1. The molecule has 0 unspecified atom stereocenters. The smallest absolute Gasteiger partial charge is 0.251 e. The maximum absolute atomic E-state index is 10.4. The van der Waals surface area contributed by atoms with Crippen LogP contribution in [0, 0.1) is 71.6 Å². The number of fused-ring (bicyclic) bond motifs is 2. The van der Waals surface area contributed by atoms with E-state index in [1.165, 1.54) is 0 Å². The Balaban J connectivity index is 2.28. The molecule has 0 radical (unpaired) electrons. The molecule has 0 aromatic heterocycles. The van der Waals surface area contributed by atoms with Crippen molar-refractivity contribution in [2.45, 2.75) is 0 Å². The minimum Gasteiger partial charge on any atom is -0.251 e. The summed E-state index contributed by atoms with van der Waals surface area (Å²) in [5.74, 6) is 0. The van der Waals surface area contributed by atoms with Gasteiger partial charge in [0.05, 0.1) is 55.6 Å². The molecule has 0 heterocycles. The minimum atomic E-state index is -0.416. The van der Waals surface area contributed by atoms with Crippen molar-refractivity contribution in [3.8, 4) is 46.5 Å². The van der Waals surface area contributed by atoms with Gasteiger partial charge in [-0.3, -0.25) is 4.85 Å². The lowest BCUT2D eigenvalue weighted by molar-refractivity contribution is 1.45. The van der Waals surface area contributed by atoms with Gasteiger partial charge in [0, 0.05) is 11.1 Å². The third-order valence-corrected chi connectivity index (χ3v) is 6.93. The van der Waals surface area contributed by atoms with Crippen molar-refractivity contribution >= 4 is 22.4 Å². The van der Waals surface area contributed by atoms with E-state index < -0.39 is 11.4 Å². The number of rotatable bonds is 2. The Bertz CT molecular complexity index is 2050. The summed E-state index contributed by atoms with van der Waals surface area (Å²) in [6.07, 6.45) is 0. The SMILES string of the molecule is [C-]#[N+]C1=C([N+]#[C-])c2c(c(-c3ccccc3)c3c(c2-c2ccccc2)/C(=C(/C#N)[N+]#[C-])C(C#N)=C3C#N)/C1=C(\C#N)[N+]#[C-]. The van der Waals surface area contributed by atoms with Crippen molar-refractivity contribution < 1.29 is 0 Å². The van der Waals surface area contributed by atoms with E-state index in [0.717, 1.165) is 0 Å². The first-order chi connectivity index (χ1) is 20.6. The first-order valence-corrected chi connectivity index (χ1v) is 12.0. The van der Waals surface area contributed by atoms with Crippen LogP contribution in [-0.2, 0) is 0 Å². The van der Waals surface area contributed by atoms with Crippen LogP contribution in [0.25, 0.3) is 64.1 Å². The molecule has 0 amide bonds. The van der Waals surface area contributed by atoms with Crippen LogP contribution in [0.1, 0.15) is 22.3 Å². The third kappa shape index (κ3) is 3.47. The average molecular weight is 531 g/mol. The van der Waals surface area contributed by atoms with Crippen LogP contribution in [-0.4, -0.2) is 0 Å². The Labute approximate surface area is 241 Å². The maximum Gasteiger partial charge on any atom is 0.270 e. The van der Waals surface area contributed by atoms with E-state index in [4.69, 9.17) is 26.3 Å². The summed E-state index contributed by atoms with van der Waals surface area (Å²) >= 11 is 0. The van der Waals surface area contributed by atoms with Crippen molar-refractivity contribution in [3.63, 3.8) is 0 Å². The molecule has 0 fully saturated rings. The van der Waals surface area contributed by atoms with Gasteiger partial charge in [0.1, 0.15) is 6.07 Å². The molecular formula is C34H10N8. The lowest BCUT2D eigenvalue weighted by Gasteiger charge is -2.23. The molecule has 3 aromatic carbocycles. The molecular weight excluding hydrogens is 520 g/mol. The van der Waals surface area contributed by atoms with Gasteiger partial charge in [0.15, 0.2) is 5.70 Å². The molecule has 0 spiro atoms. The second-order valence-corrected chi connectivity index (χ2v) is 8.77. The molecule has 2 aliphatic carbocycles.